The minimum absolute atomic E-state index is 0.0583. The summed E-state index contributed by atoms with van der Waals surface area (Å²) in [5.41, 5.74) is 1.92. The largest absolute Gasteiger partial charge is 0.350 e. The van der Waals surface area contributed by atoms with Gasteiger partial charge in [-0.05, 0) is 18.6 Å². The van der Waals surface area contributed by atoms with Gasteiger partial charge in [-0.3, -0.25) is 14.2 Å². The molecular weight excluding hydrogens is 389 g/mol. The molecule has 2 aromatic carbocycles. The van der Waals surface area contributed by atoms with Crippen molar-refractivity contribution in [3.63, 3.8) is 0 Å². The first-order chi connectivity index (χ1) is 14.0. The molecule has 146 valence electrons. The lowest BCUT2D eigenvalue weighted by Gasteiger charge is -2.08. The molecule has 0 saturated carbocycles. The molecule has 0 fully saturated rings. The lowest BCUT2D eigenvalue weighted by Crippen LogP contribution is -2.32. The van der Waals surface area contributed by atoms with Crippen LogP contribution in [0.5, 0.6) is 0 Å². The van der Waals surface area contributed by atoms with Crippen LogP contribution in [0.3, 0.4) is 0 Å². The molecule has 0 spiro atoms. The van der Waals surface area contributed by atoms with E-state index < -0.39 is 0 Å². The number of aryl methyl sites for hydroxylation is 1. The maximum Gasteiger partial charge on any atom is 0.263 e. The molecule has 0 unspecified atom stereocenters. The highest BCUT2D eigenvalue weighted by molar-refractivity contribution is 7.19. The summed E-state index contributed by atoms with van der Waals surface area (Å²) >= 11 is 1.46. The third-order valence-electron chi connectivity index (χ3n) is 4.67. The van der Waals surface area contributed by atoms with Crippen LogP contribution in [0.2, 0.25) is 0 Å². The average Bonchev–Trinajstić information content (AvgIpc) is 3.07. The molecule has 4 aromatic rings. The number of carbonyl (C=O) groups excluding carboxylic acids is 1. The average molecular weight is 407 g/mol. The Morgan fingerprint density at radius 2 is 1.86 bits per heavy atom. The van der Waals surface area contributed by atoms with Crippen LogP contribution in [0.4, 0.5) is 4.39 Å². The van der Waals surface area contributed by atoms with E-state index in [9.17, 15) is 14.0 Å². The van der Waals surface area contributed by atoms with Crippen molar-refractivity contribution in [3.05, 3.63) is 87.5 Å². The van der Waals surface area contributed by atoms with E-state index in [-0.39, 0.29) is 30.4 Å². The van der Waals surface area contributed by atoms with Gasteiger partial charge in [0.05, 0.1) is 11.7 Å². The minimum atomic E-state index is -0.385. The number of halogens is 1. The van der Waals surface area contributed by atoms with Gasteiger partial charge < -0.3 is 5.32 Å². The highest BCUT2D eigenvalue weighted by Gasteiger charge is 2.17. The SMILES string of the molecule is Cc1sc2ncn(CC(=O)NCc3ccccc3F)c(=O)c2c1-c1ccccc1. The number of amides is 1. The summed E-state index contributed by atoms with van der Waals surface area (Å²) in [4.78, 5) is 31.4. The zero-order valence-corrected chi connectivity index (χ0v) is 16.5. The van der Waals surface area contributed by atoms with E-state index in [0.29, 0.717) is 15.8 Å². The highest BCUT2D eigenvalue weighted by atomic mass is 32.1. The maximum atomic E-state index is 13.7. The van der Waals surface area contributed by atoms with Gasteiger partial charge in [0.15, 0.2) is 0 Å². The van der Waals surface area contributed by atoms with E-state index in [1.165, 1.54) is 28.3 Å². The van der Waals surface area contributed by atoms with E-state index >= 15 is 0 Å². The monoisotopic (exact) mass is 407 g/mol. The fraction of sp³-hybridized carbons (Fsp3) is 0.136. The second-order valence-corrected chi connectivity index (χ2v) is 7.83. The number of rotatable bonds is 5. The zero-order valence-electron chi connectivity index (χ0n) is 15.7. The van der Waals surface area contributed by atoms with Crippen LogP contribution in [0, 0.1) is 12.7 Å². The molecule has 0 aliphatic heterocycles. The van der Waals surface area contributed by atoms with Gasteiger partial charge in [0.2, 0.25) is 5.91 Å². The summed E-state index contributed by atoms with van der Waals surface area (Å²) in [6.07, 6.45) is 1.39. The van der Waals surface area contributed by atoms with Gasteiger partial charge in [0.1, 0.15) is 17.2 Å². The molecule has 5 nitrogen and oxygen atoms in total. The lowest BCUT2D eigenvalue weighted by molar-refractivity contribution is -0.121. The van der Waals surface area contributed by atoms with Crippen molar-refractivity contribution in [1.29, 1.82) is 0 Å². The standard InChI is InChI=1S/C22H18FN3O2S/c1-14-19(15-7-3-2-4-8-15)20-21(29-14)25-13-26(22(20)28)12-18(27)24-11-16-9-5-6-10-17(16)23/h2-10,13H,11-12H2,1H3,(H,24,27). The summed E-state index contributed by atoms with van der Waals surface area (Å²) in [5, 5.41) is 3.17. The van der Waals surface area contributed by atoms with Crippen molar-refractivity contribution in [2.45, 2.75) is 20.0 Å². The van der Waals surface area contributed by atoms with Gasteiger partial charge >= 0.3 is 0 Å². The number of thiophene rings is 1. The van der Waals surface area contributed by atoms with E-state index in [4.69, 9.17) is 0 Å². The van der Waals surface area contributed by atoms with Crippen LogP contribution in [0.1, 0.15) is 10.4 Å². The second-order valence-electron chi connectivity index (χ2n) is 6.63. The molecule has 0 aliphatic carbocycles. The number of hydrogen-bond donors (Lipinski definition) is 1. The van der Waals surface area contributed by atoms with Gasteiger partial charge in [-0.15, -0.1) is 11.3 Å². The van der Waals surface area contributed by atoms with Crippen molar-refractivity contribution in [1.82, 2.24) is 14.9 Å². The quantitative estimate of drug-likeness (QED) is 0.546. The number of fused-ring (bicyclic) bond motifs is 1. The fourth-order valence-corrected chi connectivity index (χ4v) is 4.25. The summed E-state index contributed by atoms with van der Waals surface area (Å²) < 4.78 is 15.0. The van der Waals surface area contributed by atoms with Crippen molar-refractivity contribution in [2.75, 3.05) is 0 Å². The topological polar surface area (TPSA) is 64.0 Å². The maximum absolute atomic E-state index is 13.7. The number of nitrogens with zero attached hydrogens (tertiary/aromatic N) is 2. The molecule has 0 aliphatic rings. The van der Waals surface area contributed by atoms with Crippen molar-refractivity contribution < 1.29 is 9.18 Å². The van der Waals surface area contributed by atoms with Crippen LogP contribution in [0.15, 0.2) is 65.7 Å². The molecule has 0 radical (unpaired) electrons. The van der Waals surface area contributed by atoms with Crippen molar-refractivity contribution in [3.8, 4) is 11.1 Å². The predicted molar refractivity (Wildman–Crippen MR) is 112 cm³/mol. The predicted octanol–water partition coefficient (Wildman–Crippen LogP) is 3.89. The Bertz CT molecular complexity index is 1250. The smallest absolute Gasteiger partial charge is 0.263 e. The Balaban J connectivity index is 1.62. The van der Waals surface area contributed by atoms with E-state index in [2.05, 4.69) is 10.3 Å². The van der Waals surface area contributed by atoms with Gasteiger partial charge in [0.25, 0.3) is 5.56 Å². The van der Waals surface area contributed by atoms with Crippen molar-refractivity contribution >= 4 is 27.5 Å². The second kappa shape index (κ2) is 7.97. The molecule has 29 heavy (non-hydrogen) atoms. The number of aromatic nitrogens is 2. The normalized spacial score (nSPS) is 11.0. The highest BCUT2D eigenvalue weighted by Crippen LogP contribution is 2.35. The lowest BCUT2D eigenvalue weighted by atomic mass is 10.0. The van der Waals surface area contributed by atoms with Crippen LogP contribution >= 0.6 is 11.3 Å². The molecule has 0 atom stereocenters. The van der Waals surface area contributed by atoms with E-state index in [0.717, 1.165) is 16.0 Å². The third kappa shape index (κ3) is 3.82. The van der Waals surface area contributed by atoms with Crippen LogP contribution in [-0.2, 0) is 17.9 Å². The first kappa shape index (κ1) is 19.0. The minimum Gasteiger partial charge on any atom is -0.350 e. The van der Waals surface area contributed by atoms with Crippen molar-refractivity contribution in [2.24, 2.45) is 0 Å². The molecule has 1 N–H and O–H groups in total. The Morgan fingerprint density at radius 1 is 1.14 bits per heavy atom. The van der Waals surface area contributed by atoms with Gasteiger partial charge in [-0.1, -0.05) is 48.5 Å². The van der Waals surface area contributed by atoms with Gasteiger partial charge in [-0.25, -0.2) is 9.37 Å². The number of nitrogens with one attached hydrogen (secondary N) is 1. The first-order valence-electron chi connectivity index (χ1n) is 9.08. The van der Waals surface area contributed by atoms with Crippen LogP contribution in [-0.4, -0.2) is 15.5 Å². The summed E-state index contributed by atoms with van der Waals surface area (Å²) in [5.74, 6) is -0.765. The third-order valence-corrected chi connectivity index (χ3v) is 5.68. The number of carbonyl (C=O) groups is 1. The number of hydrogen-bond acceptors (Lipinski definition) is 4. The Hall–Kier alpha value is -3.32. The summed E-state index contributed by atoms with van der Waals surface area (Å²) in [7, 11) is 0. The Morgan fingerprint density at radius 3 is 2.62 bits per heavy atom. The Labute approximate surface area is 170 Å². The van der Waals surface area contributed by atoms with Crippen LogP contribution < -0.4 is 10.9 Å². The molecule has 7 heteroatoms. The molecular formula is C22H18FN3O2S. The Kier molecular flexibility index (Phi) is 5.22. The molecule has 4 rings (SSSR count). The van der Waals surface area contributed by atoms with Crippen LogP contribution in [0.25, 0.3) is 21.3 Å². The molecule has 0 saturated heterocycles. The van der Waals surface area contributed by atoms with E-state index in [1.54, 1.807) is 18.2 Å². The first-order valence-corrected chi connectivity index (χ1v) is 9.90. The summed E-state index contributed by atoms with van der Waals surface area (Å²) in [6, 6.07) is 15.9. The number of benzene rings is 2. The molecule has 0 bridgehead atoms. The summed E-state index contributed by atoms with van der Waals surface area (Å²) in [6.45, 7) is 1.83. The zero-order chi connectivity index (χ0) is 20.4. The fourth-order valence-electron chi connectivity index (χ4n) is 3.25. The molecule has 2 aromatic heterocycles. The van der Waals surface area contributed by atoms with Gasteiger partial charge in [-0.2, -0.15) is 0 Å². The van der Waals surface area contributed by atoms with E-state index in [1.807, 2.05) is 37.3 Å². The molecule has 2 heterocycles. The van der Waals surface area contributed by atoms with Gasteiger partial charge in [0, 0.05) is 22.5 Å². The molecule has 1 amide bonds.